The minimum atomic E-state index is 0.552. The number of hydrogen-bond acceptors (Lipinski definition) is 4. The molecule has 0 saturated carbocycles. The summed E-state index contributed by atoms with van der Waals surface area (Å²) in [6, 6.07) is 32.0. The minimum Gasteiger partial charge on any atom is -0.489 e. The third kappa shape index (κ3) is 4.60. The van der Waals surface area contributed by atoms with Crippen LogP contribution in [0, 0.1) is 6.92 Å². The molecule has 0 spiro atoms. The summed E-state index contributed by atoms with van der Waals surface area (Å²) in [4.78, 5) is 9.22. The Kier molecular flexibility index (Phi) is 5.50. The highest BCUT2D eigenvalue weighted by atomic mass is 16.5. The molecule has 4 aromatic carbocycles. The highest BCUT2D eigenvalue weighted by molar-refractivity contribution is 5.85. The Labute approximate surface area is 186 Å². The second kappa shape index (κ2) is 8.90. The maximum absolute atomic E-state index is 5.90. The van der Waals surface area contributed by atoms with Crippen LogP contribution in [0.2, 0.25) is 0 Å². The summed E-state index contributed by atoms with van der Waals surface area (Å²) in [7, 11) is 0. The van der Waals surface area contributed by atoms with E-state index in [0.29, 0.717) is 12.5 Å². The van der Waals surface area contributed by atoms with E-state index in [2.05, 4.69) is 41.2 Å². The average molecular weight is 418 g/mol. The van der Waals surface area contributed by atoms with Gasteiger partial charge in [-0.15, -0.1) is 0 Å². The van der Waals surface area contributed by atoms with Gasteiger partial charge in [0.1, 0.15) is 17.9 Å². The number of fused-ring (bicyclic) bond motifs is 1. The molecule has 4 heteroatoms. The average Bonchev–Trinajstić information content (AvgIpc) is 3.27. The van der Waals surface area contributed by atoms with Crippen LogP contribution in [0.4, 0.5) is 5.69 Å². The minimum absolute atomic E-state index is 0.552. The number of rotatable bonds is 6. The van der Waals surface area contributed by atoms with E-state index in [1.165, 1.54) is 5.56 Å². The first-order valence-electron chi connectivity index (χ1n) is 10.5. The first kappa shape index (κ1) is 19.8. The number of aryl methyl sites for hydroxylation is 1. The zero-order valence-corrected chi connectivity index (χ0v) is 17.7. The Morgan fingerprint density at radius 3 is 2.44 bits per heavy atom. The Morgan fingerprint density at radius 1 is 0.875 bits per heavy atom. The summed E-state index contributed by atoms with van der Waals surface area (Å²) in [5.74, 6) is 1.45. The number of oxazole rings is 1. The van der Waals surface area contributed by atoms with Gasteiger partial charge in [0.15, 0.2) is 5.58 Å². The van der Waals surface area contributed by atoms with Crippen molar-refractivity contribution < 1.29 is 9.15 Å². The van der Waals surface area contributed by atoms with E-state index < -0.39 is 0 Å². The normalized spacial score (nSPS) is 11.3. The van der Waals surface area contributed by atoms with Crippen LogP contribution in [0.15, 0.2) is 106 Å². The SMILES string of the molecule is Cc1ccc(-c2nc3cc(N=Cc4ccc(OCc5ccccc5)cc4)ccc3o2)cc1. The van der Waals surface area contributed by atoms with Gasteiger partial charge in [0, 0.05) is 11.8 Å². The van der Waals surface area contributed by atoms with Gasteiger partial charge in [0.2, 0.25) is 5.89 Å². The van der Waals surface area contributed by atoms with Gasteiger partial charge in [-0.25, -0.2) is 4.98 Å². The summed E-state index contributed by atoms with van der Waals surface area (Å²) >= 11 is 0. The molecule has 0 fully saturated rings. The van der Waals surface area contributed by atoms with Crippen molar-refractivity contribution in [2.24, 2.45) is 4.99 Å². The van der Waals surface area contributed by atoms with Crippen LogP contribution in [0.3, 0.4) is 0 Å². The summed E-state index contributed by atoms with van der Waals surface area (Å²) in [6.07, 6.45) is 1.84. The third-order valence-corrected chi connectivity index (χ3v) is 5.16. The Balaban J connectivity index is 1.27. The number of ether oxygens (including phenoxy) is 1. The van der Waals surface area contributed by atoms with Crippen molar-refractivity contribution in [2.45, 2.75) is 13.5 Å². The van der Waals surface area contributed by atoms with Crippen molar-refractivity contribution in [1.82, 2.24) is 4.98 Å². The van der Waals surface area contributed by atoms with Gasteiger partial charge in [-0.3, -0.25) is 4.99 Å². The zero-order chi connectivity index (χ0) is 21.8. The van der Waals surface area contributed by atoms with Crippen molar-refractivity contribution in [1.29, 1.82) is 0 Å². The molecule has 4 nitrogen and oxygen atoms in total. The molecule has 0 saturated heterocycles. The highest BCUT2D eigenvalue weighted by Gasteiger charge is 2.08. The molecule has 5 rings (SSSR count). The van der Waals surface area contributed by atoms with E-state index in [-0.39, 0.29) is 0 Å². The summed E-state index contributed by atoms with van der Waals surface area (Å²) in [5.41, 5.74) is 6.68. The predicted octanol–water partition coefficient (Wildman–Crippen LogP) is 7.13. The topological polar surface area (TPSA) is 47.6 Å². The lowest BCUT2D eigenvalue weighted by atomic mass is 10.1. The molecule has 0 radical (unpaired) electrons. The van der Waals surface area contributed by atoms with Crippen LogP contribution in [0.1, 0.15) is 16.7 Å². The Morgan fingerprint density at radius 2 is 1.66 bits per heavy atom. The first-order valence-corrected chi connectivity index (χ1v) is 10.5. The van der Waals surface area contributed by atoms with Crippen LogP contribution < -0.4 is 4.74 Å². The number of hydrogen-bond donors (Lipinski definition) is 0. The number of aliphatic imine (C=N–C) groups is 1. The molecule has 0 unspecified atom stereocenters. The molecule has 0 aliphatic heterocycles. The third-order valence-electron chi connectivity index (χ3n) is 5.16. The summed E-state index contributed by atoms with van der Waals surface area (Å²) < 4.78 is 11.7. The predicted molar refractivity (Wildman–Crippen MR) is 129 cm³/mol. The maximum atomic E-state index is 5.90. The second-order valence-electron chi connectivity index (χ2n) is 7.64. The lowest BCUT2D eigenvalue weighted by Crippen LogP contribution is -1.94. The van der Waals surface area contributed by atoms with Crippen molar-refractivity contribution in [3.63, 3.8) is 0 Å². The Hall–Kier alpha value is -4.18. The number of nitrogens with zero attached hydrogens (tertiary/aromatic N) is 2. The lowest BCUT2D eigenvalue weighted by Gasteiger charge is -2.06. The lowest BCUT2D eigenvalue weighted by molar-refractivity contribution is 0.306. The molecule has 0 bridgehead atoms. The molecule has 0 atom stereocenters. The van der Waals surface area contributed by atoms with Crippen LogP contribution in [-0.2, 0) is 6.61 Å². The van der Waals surface area contributed by atoms with Gasteiger partial charge in [0.05, 0.1) is 5.69 Å². The van der Waals surface area contributed by atoms with E-state index in [0.717, 1.165) is 39.2 Å². The molecule has 0 N–H and O–H groups in total. The van der Waals surface area contributed by atoms with E-state index in [4.69, 9.17) is 9.15 Å². The van der Waals surface area contributed by atoms with Crippen molar-refractivity contribution in [3.05, 3.63) is 114 Å². The van der Waals surface area contributed by atoms with Gasteiger partial charge in [-0.2, -0.15) is 0 Å². The first-order chi connectivity index (χ1) is 15.7. The summed E-state index contributed by atoms with van der Waals surface area (Å²) in [6.45, 7) is 2.61. The van der Waals surface area contributed by atoms with Gasteiger partial charge in [0.25, 0.3) is 0 Å². The number of benzene rings is 4. The highest BCUT2D eigenvalue weighted by Crippen LogP contribution is 2.27. The largest absolute Gasteiger partial charge is 0.489 e. The molecule has 0 amide bonds. The molecule has 1 heterocycles. The standard InChI is InChI=1S/C28H22N2O2/c1-20-7-11-23(12-8-20)28-30-26-17-24(13-16-27(26)32-28)29-18-21-9-14-25(15-10-21)31-19-22-5-3-2-4-6-22/h2-18H,19H2,1H3. The molecule has 5 aromatic rings. The van der Waals surface area contributed by atoms with Crippen LogP contribution >= 0.6 is 0 Å². The molecule has 0 aliphatic carbocycles. The maximum Gasteiger partial charge on any atom is 0.227 e. The van der Waals surface area contributed by atoms with Gasteiger partial charge in [-0.05, 0) is 72.6 Å². The fraction of sp³-hybridized carbons (Fsp3) is 0.0714. The van der Waals surface area contributed by atoms with Gasteiger partial charge >= 0.3 is 0 Å². The van der Waals surface area contributed by atoms with Crippen LogP contribution in [-0.4, -0.2) is 11.2 Å². The fourth-order valence-corrected chi connectivity index (χ4v) is 3.36. The van der Waals surface area contributed by atoms with Crippen molar-refractivity contribution in [3.8, 4) is 17.2 Å². The summed E-state index contributed by atoms with van der Waals surface area (Å²) in [5, 5.41) is 0. The smallest absolute Gasteiger partial charge is 0.227 e. The van der Waals surface area contributed by atoms with E-state index in [9.17, 15) is 0 Å². The monoisotopic (exact) mass is 418 g/mol. The van der Waals surface area contributed by atoms with E-state index in [1.807, 2.05) is 79.0 Å². The quantitative estimate of drug-likeness (QED) is 0.276. The molecule has 0 aliphatic rings. The van der Waals surface area contributed by atoms with Gasteiger partial charge < -0.3 is 9.15 Å². The second-order valence-corrected chi connectivity index (χ2v) is 7.64. The molecular formula is C28H22N2O2. The molecular weight excluding hydrogens is 396 g/mol. The van der Waals surface area contributed by atoms with Gasteiger partial charge in [-0.1, -0.05) is 48.0 Å². The molecule has 156 valence electrons. The van der Waals surface area contributed by atoms with Crippen molar-refractivity contribution in [2.75, 3.05) is 0 Å². The fourth-order valence-electron chi connectivity index (χ4n) is 3.36. The van der Waals surface area contributed by atoms with Crippen molar-refractivity contribution >= 4 is 23.0 Å². The van der Waals surface area contributed by atoms with Crippen LogP contribution in [0.5, 0.6) is 5.75 Å². The zero-order valence-electron chi connectivity index (χ0n) is 17.7. The Bertz CT molecular complexity index is 1350. The van der Waals surface area contributed by atoms with E-state index >= 15 is 0 Å². The van der Waals surface area contributed by atoms with Crippen LogP contribution in [0.25, 0.3) is 22.6 Å². The molecule has 32 heavy (non-hydrogen) atoms. The molecule has 1 aromatic heterocycles. The van der Waals surface area contributed by atoms with E-state index in [1.54, 1.807) is 0 Å². The number of aromatic nitrogens is 1.